The van der Waals surface area contributed by atoms with Gasteiger partial charge in [0.25, 0.3) is 0 Å². The Kier molecular flexibility index (Phi) is 4.16. The van der Waals surface area contributed by atoms with Crippen molar-refractivity contribution in [2.45, 2.75) is 26.2 Å². The minimum atomic E-state index is -0.464. The summed E-state index contributed by atoms with van der Waals surface area (Å²) in [4.78, 5) is 26.5. The lowest BCUT2D eigenvalue weighted by atomic mass is 9.82. The summed E-state index contributed by atoms with van der Waals surface area (Å²) in [6, 6.07) is 0. The smallest absolute Gasteiger partial charge is 0.359 e. The Labute approximate surface area is 124 Å². The molecule has 1 aromatic heterocycles. The molecule has 0 aromatic carbocycles. The van der Waals surface area contributed by atoms with Gasteiger partial charge in [-0.3, -0.25) is 9.48 Å². The summed E-state index contributed by atoms with van der Waals surface area (Å²) in [5.74, 6) is -0.478. The van der Waals surface area contributed by atoms with E-state index in [0.717, 1.165) is 5.57 Å². The van der Waals surface area contributed by atoms with Crippen LogP contribution in [0.2, 0.25) is 0 Å². The number of hydrogen-bond acceptors (Lipinski definition) is 5. The Morgan fingerprint density at radius 1 is 1.52 bits per heavy atom. The van der Waals surface area contributed by atoms with Crippen LogP contribution in [-0.2, 0) is 11.8 Å². The zero-order valence-corrected chi connectivity index (χ0v) is 13.1. The maximum Gasteiger partial charge on any atom is 0.359 e. The summed E-state index contributed by atoms with van der Waals surface area (Å²) in [5, 5.41) is 4.21. The van der Waals surface area contributed by atoms with Crippen molar-refractivity contribution in [1.29, 1.82) is 0 Å². The maximum absolute atomic E-state index is 12.6. The molecule has 114 valence electrons. The number of Topliss-reactive ketones (excluding diaryl/α,β-unsaturated/α-hetero) is 1. The molecule has 1 aromatic rings. The van der Waals surface area contributed by atoms with Gasteiger partial charge in [0.15, 0.2) is 5.69 Å². The Morgan fingerprint density at radius 3 is 2.76 bits per heavy atom. The largest absolute Gasteiger partial charge is 0.461 e. The highest BCUT2D eigenvalue weighted by Gasteiger charge is 2.36. The summed E-state index contributed by atoms with van der Waals surface area (Å²) in [6.45, 7) is 4.04. The van der Waals surface area contributed by atoms with Crippen molar-refractivity contribution >= 4 is 11.8 Å². The minimum Gasteiger partial charge on any atom is -0.461 e. The average Bonchev–Trinajstić information content (AvgIpc) is 2.74. The second-order valence-electron chi connectivity index (χ2n) is 5.51. The molecule has 0 fully saturated rings. The zero-order chi connectivity index (χ0) is 15.7. The second kappa shape index (κ2) is 5.71. The molecule has 0 N–H and O–H groups in total. The fourth-order valence-electron chi connectivity index (χ4n) is 2.73. The van der Waals surface area contributed by atoms with Gasteiger partial charge in [-0.15, -0.1) is 0 Å². The number of hydrogen-bond donors (Lipinski definition) is 0. The number of esters is 1. The van der Waals surface area contributed by atoms with Crippen LogP contribution in [0.5, 0.6) is 0 Å². The molecule has 0 saturated heterocycles. The van der Waals surface area contributed by atoms with Gasteiger partial charge < -0.3 is 9.64 Å². The van der Waals surface area contributed by atoms with Gasteiger partial charge in [0, 0.05) is 38.5 Å². The highest BCUT2D eigenvalue weighted by Crippen LogP contribution is 2.36. The quantitative estimate of drug-likeness (QED) is 0.627. The molecule has 6 nitrogen and oxygen atoms in total. The molecule has 0 radical (unpaired) electrons. The standard InChI is InChI=1S/C15H21N3O3/c1-6-21-15(20)12-11-9(2)7-10(8-17(3)4)14(19)13(11)18(5)16-12/h8-9H,6-7H2,1-5H3. The fraction of sp³-hybridized carbons (Fsp3) is 0.533. The molecular weight excluding hydrogens is 270 g/mol. The third-order valence-electron chi connectivity index (χ3n) is 3.49. The van der Waals surface area contributed by atoms with E-state index in [2.05, 4.69) is 5.10 Å². The molecular formula is C15H21N3O3. The van der Waals surface area contributed by atoms with Crippen LogP contribution in [0.3, 0.4) is 0 Å². The number of ketones is 1. The molecule has 1 atom stereocenters. The van der Waals surface area contributed by atoms with E-state index in [1.165, 1.54) is 4.68 Å². The normalized spacial score (nSPS) is 19.6. The van der Waals surface area contributed by atoms with E-state index in [9.17, 15) is 9.59 Å². The molecule has 0 spiro atoms. The minimum absolute atomic E-state index is 0.0528. The summed E-state index contributed by atoms with van der Waals surface area (Å²) >= 11 is 0. The highest BCUT2D eigenvalue weighted by molar-refractivity contribution is 6.11. The van der Waals surface area contributed by atoms with Gasteiger partial charge in [0.1, 0.15) is 5.69 Å². The molecule has 2 rings (SSSR count). The van der Waals surface area contributed by atoms with Crippen molar-refractivity contribution in [2.24, 2.45) is 7.05 Å². The molecule has 0 amide bonds. The Morgan fingerprint density at radius 2 is 2.19 bits per heavy atom. The summed E-state index contributed by atoms with van der Waals surface area (Å²) < 4.78 is 6.52. The molecule has 0 aliphatic heterocycles. The van der Waals surface area contributed by atoms with Crippen molar-refractivity contribution in [3.63, 3.8) is 0 Å². The lowest BCUT2D eigenvalue weighted by Crippen LogP contribution is -2.22. The van der Waals surface area contributed by atoms with Crippen LogP contribution >= 0.6 is 0 Å². The van der Waals surface area contributed by atoms with Gasteiger partial charge in [0.2, 0.25) is 5.78 Å². The first-order valence-corrected chi connectivity index (χ1v) is 7.02. The number of nitrogens with zero attached hydrogens (tertiary/aromatic N) is 3. The maximum atomic E-state index is 12.6. The fourth-order valence-corrected chi connectivity index (χ4v) is 2.73. The third kappa shape index (κ3) is 2.70. The lowest BCUT2D eigenvalue weighted by molar-refractivity contribution is 0.0516. The van der Waals surface area contributed by atoms with Crippen LogP contribution in [0.25, 0.3) is 0 Å². The molecule has 1 aliphatic rings. The number of carbonyl (C=O) groups is 2. The number of allylic oxidation sites excluding steroid dienone is 1. The monoisotopic (exact) mass is 291 g/mol. The van der Waals surface area contributed by atoms with Gasteiger partial charge in [-0.25, -0.2) is 4.79 Å². The summed E-state index contributed by atoms with van der Waals surface area (Å²) in [6.07, 6.45) is 2.43. The van der Waals surface area contributed by atoms with Gasteiger partial charge in [-0.2, -0.15) is 5.10 Å². The first-order valence-electron chi connectivity index (χ1n) is 7.02. The van der Waals surface area contributed by atoms with Crippen molar-refractivity contribution in [1.82, 2.24) is 14.7 Å². The number of ether oxygens (including phenoxy) is 1. The van der Waals surface area contributed by atoms with E-state index in [1.807, 2.05) is 32.1 Å². The van der Waals surface area contributed by atoms with Crippen LogP contribution in [0.4, 0.5) is 0 Å². The highest BCUT2D eigenvalue weighted by atomic mass is 16.5. The average molecular weight is 291 g/mol. The Hall–Kier alpha value is -2.11. The number of aromatic nitrogens is 2. The van der Waals surface area contributed by atoms with E-state index in [1.54, 1.807) is 14.0 Å². The first-order chi connectivity index (χ1) is 9.86. The zero-order valence-electron chi connectivity index (χ0n) is 13.1. The second-order valence-corrected chi connectivity index (χ2v) is 5.51. The topological polar surface area (TPSA) is 64.4 Å². The number of fused-ring (bicyclic) bond motifs is 1. The lowest BCUT2D eigenvalue weighted by Gasteiger charge is -2.22. The predicted molar refractivity (Wildman–Crippen MR) is 78.3 cm³/mol. The summed E-state index contributed by atoms with van der Waals surface area (Å²) in [7, 11) is 5.45. The van der Waals surface area contributed by atoms with Crippen LogP contribution in [0.15, 0.2) is 11.8 Å². The van der Waals surface area contributed by atoms with Crippen LogP contribution in [0, 0.1) is 0 Å². The SMILES string of the molecule is CCOC(=O)c1nn(C)c2c1C(C)CC(=CN(C)C)C2=O. The number of carbonyl (C=O) groups excluding carboxylic acids is 2. The van der Waals surface area contributed by atoms with Crippen molar-refractivity contribution in [3.8, 4) is 0 Å². The molecule has 21 heavy (non-hydrogen) atoms. The molecule has 1 aliphatic carbocycles. The number of aryl methyl sites for hydroxylation is 1. The van der Waals surface area contributed by atoms with E-state index in [4.69, 9.17) is 4.74 Å². The third-order valence-corrected chi connectivity index (χ3v) is 3.49. The number of rotatable bonds is 3. The molecule has 1 unspecified atom stereocenters. The van der Waals surface area contributed by atoms with E-state index < -0.39 is 5.97 Å². The van der Waals surface area contributed by atoms with E-state index >= 15 is 0 Å². The van der Waals surface area contributed by atoms with Crippen molar-refractivity contribution in [3.05, 3.63) is 28.7 Å². The van der Waals surface area contributed by atoms with Crippen molar-refractivity contribution in [2.75, 3.05) is 20.7 Å². The van der Waals surface area contributed by atoms with Gasteiger partial charge in [-0.1, -0.05) is 6.92 Å². The molecule has 1 heterocycles. The van der Waals surface area contributed by atoms with Gasteiger partial charge in [-0.05, 0) is 19.3 Å². The first kappa shape index (κ1) is 15.3. The van der Waals surface area contributed by atoms with Crippen LogP contribution < -0.4 is 0 Å². The van der Waals surface area contributed by atoms with E-state index in [0.29, 0.717) is 17.7 Å². The van der Waals surface area contributed by atoms with Crippen molar-refractivity contribution < 1.29 is 14.3 Å². The van der Waals surface area contributed by atoms with Crippen LogP contribution in [0.1, 0.15) is 52.7 Å². The molecule has 6 heteroatoms. The van der Waals surface area contributed by atoms with Gasteiger partial charge in [0.05, 0.1) is 6.61 Å². The Bertz CT molecular complexity index is 614. The Balaban J connectivity index is 2.53. The van der Waals surface area contributed by atoms with E-state index in [-0.39, 0.29) is 24.0 Å². The summed E-state index contributed by atoms with van der Waals surface area (Å²) in [5.41, 5.74) is 2.19. The molecule has 0 saturated carbocycles. The van der Waals surface area contributed by atoms with Crippen LogP contribution in [-0.4, -0.2) is 47.1 Å². The predicted octanol–water partition coefficient (Wildman–Crippen LogP) is 1.73. The molecule has 0 bridgehead atoms. The van der Waals surface area contributed by atoms with Gasteiger partial charge >= 0.3 is 5.97 Å².